The maximum absolute atomic E-state index is 11.7. The van der Waals surface area contributed by atoms with E-state index >= 15 is 0 Å². The van der Waals surface area contributed by atoms with Gasteiger partial charge in [0.1, 0.15) is 0 Å². The summed E-state index contributed by atoms with van der Waals surface area (Å²) in [7, 11) is -2.06. The van der Waals surface area contributed by atoms with E-state index in [9.17, 15) is 13.2 Å². The number of hydrogen-bond donors (Lipinski definition) is 1. The van der Waals surface area contributed by atoms with Gasteiger partial charge in [0.2, 0.25) is 0 Å². The Morgan fingerprint density at radius 1 is 1.38 bits per heavy atom. The lowest BCUT2D eigenvalue weighted by molar-refractivity contribution is -0.136. The molecule has 0 saturated carbocycles. The maximum Gasteiger partial charge on any atom is 0.321 e. The monoisotopic (exact) mass is 252 g/mol. The third kappa shape index (κ3) is 5.46. The van der Waals surface area contributed by atoms with Crippen LogP contribution < -0.4 is 0 Å². The van der Waals surface area contributed by atoms with Crippen molar-refractivity contribution in [1.29, 1.82) is 0 Å². The standard InChI is InChI=1S/C10H20O5S/c1-3-4-6-9(10(11)12)16(13,14)8-5-7-15-2/h9H,3-8H2,1-2H3,(H,11,12). The molecule has 0 aromatic rings. The summed E-state index contributed by atoms with van der Waals surface area (Å²) in [6.45, 7) is 2.23. The topological polar surface area (TPSA) is 80.7 Å². The Kier molecular flexibility index (Phi) is 7.33. The first-order chi connectivity index (χ1) is 7.45. The van der Waals surface area contributed by atoms with Crippen LogP contribution in [-0.2, 0) is 19.4 Å². The van der Waals surface area contributed by atoms with Crippen LogP contribution in [0.15, 0.2) is 0 Å². The SMILES string of the molecule is CCCCC(C(=O)O)S(=O)(=O)CCCOC. The van der Waals surface area contributed by atoms with Crippen LogP contribution in [0.3, 0.4) is 0 Å². The number of unbranched alkanes of at least 4 members (excludes halogenated alkanes) is 1. The van der Waals surface area contributed by atoms with E-state index in [1.807, 2.05) is 6.92 Å². The fourth-order valence-electron chi connectivity index (χ4n) is 1.39. The number of rotatable bonds is 9. The first kappa shape index (κ1) is 15.4. The van der Waals surface area contributed by atoms with Gasteiger partial charge in [-0.1, -0.05) is 19.8 Å². The van der Waals surface area contributed by atoms with Gasteiger partial charge in [0.05, 0.1) is 5.75 Å². The van der Waals surface area contributed by atoms with Gasteiger partial charge >= 0.3 is 5.97 Å². The Hall–Kier alpha value is -0.620. The molecule has 0 aliphatic carbocycles. The molecule has 6 heteroatoms. The minimum atomic E-state index is -3.55. The summed E-state index contributed by atoms with van der Waals surface area (Å²) >= 11 is 0. The minimum Gasteiger partial charge on any atom is -0.480 e. The molecule has 0 fully saturated rings. The molecule has 0 aliphatic heterocycles. The van der Waals surface area contributed by atoms with Gasteiger partial charge in [0.15, 0.2) is 15.1 Å². The van der Waals surface area contributed by atoms with Gasteiger partial charge in [-0.15, -0.1) is 0 Å². The van der Waals surface area contributed by atoms with Crippen molar-refractivity contribution in [1.82, 2.24) is 0 Å². The average Bonchev–Trinajstić information content (AvgIpc) is 2.17. The van der Waals surface area contributed by atoms with Gasteiger partial charge in [-0.25, -0.2) is 8.42 Å². The van der Waals surface area contributed by atoms with Gasteiger partial charge in [-0.05, 0) is 12.8 Å². The molecule has 16 heavy (non-hydrogen) atoms. The second kappa shape index (κ2) is 7.62. The molecular formula is C10H20O5S. The second-order valence-electron chi connectivity index (χ2n) is 3.68. The highest BCUT2D eigenvalue weighted by atomic mass is 32.2. The number of methoxy groups -OCH3 is 1. The van der Waals surface area contributed by atoms with Crippen LogP contribution in [0.4, 0.5) is 0 Å². The molecule has 0 aliphatic rings. The molecule has 0 rings (SSSR count). The van der Waals surface area contributed by atoms with Crippen molar-refractivity contribution >= 4 is 15.8 Å². The summed E-state index contributed by atoms with van der Waals surface area (Å²) in [6.07, 6.45) is 1.94. The zero-order valence-corrected chi connectivity index (χ0v) is 10.6. The van der Waals surface area contributed by atoms with E-state index in [1.54, 1.807) is 0 Å². The van der Waals surface area contributed by atoms with E-state index in [4.69, 9.17) is 9.84 Å². The van der Waals surface area contributed by atoms with Crippen molar-refractivity contribution in [3.63, 3.8) is 0 Å². The van der Waals surface area contributed by atoms with Crippen molar-refractivity contribution < 1.29 is 23.1 Å². The molecule has 5 nitrogen and oxygen atoms in total. The highest BCUT2D eigenvalue weighted by molar-refractivity contribution is 7.92. The summed E-state index contributed by atoms with van der Waals surface area (Å²) in [5, 5.41) is 7.62. The first-order valence-electron chi connectivity index (χ1n) is 5.39. The number of aliphatic carboxylic acids is 1. The van der Waals surface area contributed by atoms with Crippen molar-refractivity contribution in [3.8, 4) is 0 Å². The van der Waals surface area contributed by atoms with Crippen molar-refractivity contribution in [2.75, 3.05) is 19.5 Å². The Labute approximate surface area is 96.7 Å². The molecule has 0 spiro atoms. The van der Waals surface area contributed by atoms with Gasteiger partial charge < -0.3 is 9.84 Å². The Balaban J connectivity index is 4.44. The lowest BCUT2D eigenvalue weighted by atomic mass is 10.2. The van der Waals surface area contributed by atoms with Crippen LogP contribution in [0.1, 0.15) is 32.6 Å². The van der Waals surface area contributed by atoms with Crippen LogP contribution in [0.25, 0.3) is 0 Å². The fraction of sp³-hybridized carbons (Fsp3) is 0.900. The largest absolute Gasteiger partial charge is 0.480 e. The van der Waals surface area contributed by atoms with Crippen LogP contribution in [0.5, 0.6) is 0 Å². The zero-order chi connectivity index (χ0) is 12.6. The van der Waals surface area contributed by atoms with Crippen LogP contribution in [-0.4, -0.2) is 44.2 Å². The average molecular weight is 252 g/mol. The van der Waals surface area contributed by atoms with Gasteiger partial charge in [0.25, 0.3) is 0 Å². The van der Waals surface area contributed by atoms with Gasteiger partial charge in [-0.3, -0.25) is 4.79 Å². The molecule has 0 saturated heterocycles. The van der Waals surface area contributed by atoms with Crippen LogP contribution >= 0.6 is 0 Å². The Morgan fingerprint density at radius 2 is 2.00 bits per heavy atom. The third-order valence-electron chi connectivity index (χ3n) is 2.31. The first-order valence-corrected chi connectivity index (χ1v) is 7.10. The minimum absolute atomic E-state index is 0.123. The molecule has 1 unspecified atom stereocenters. The predicted molar refractivity (Wildman–Crippen MR) is 61.2 cm³/mol. The maximum atomic E-state index is 11.7. The molecule has 1 atom stereocenters. The smallest absolute Gasteiger partial charge is 0.321 e. The van der Waals surface area contributed by atoms with E-state index in [2.05, 4.69) is 0 Å². The Bertz CT molecular complexity index is 296. The molecule has 96 valence electrons. The quantitative estimate of drug-likeness (QED) is 0.621. The van der Waals surface area contributed by atoms with Gasteiger partial charge in [0, 0.05) is 13.7 Å². The van der Waals surface area contributed by atoms with Crippen LogP contribution in [0, 0.1) is 0 Å². The van der Waals surface area contributed by atoms with Crippen molar-refractivity contribution in [3.05, 3.63) is 0 Å². The van der Waals surface area contributed by atoms with Crippen molar-refractivity contribution in [2.45, 2.75) is 37.9 Å². The summed E-state index contributed by atoms with van der Waals surface area (Å²) in [4.78, 5) is 10.9. The van der Waals surface area contributed by atoms with Gasteiger partial charge in [-0.2, -0.15) is 0 Å². The second-order valence-corrected chi connectivity index (χ2v) is 5.99. The van der Waals surface area contributed by atoms with E-state index in [1.165, 1.54) is 7.11 Å². The number of carboxylic acids is 1. The zero-order valence-electron chi connectivity index (χ0n) is 9.81. The molecule has 1 N–H and O–H groups in total. The van der Waals surface area contributed by atoms with Crippen LogP contribution in [0.2, 0.25) is 0 Å². The van der Waals surface area contributed by atoms with E-state index in [0.29, 0.717) is 19.4 Å². The predicted octanol–water partition coefficient (Wildman–Crippen LogP) is 1.08. The highest BCUT2D eigenvalue weighted by Crippen LogP contribution is 2.12. The highest BCUT2D eigenvalue weighted by Gasteiger charge is 2.31. The molecule has 0 bridgehead atoms. The number of sulfone groups is 1. The molecule has 0 heterocycles. The number of ether oxygens (including phenoxy) is 1. The molecule has 0 aromatic heterocycles. The molecule has 0 radical (unpaired) electrons. The van der Waals surface area contributed by atoms with E-state index in [-0.39, 0.29) is 12.2 Å². The summed E-state index contributed by atoms with van der Waals surface area (Å²) < 4.78 is 28.2. The normalized spacial score (nSPS) is 13.6. The van der Waals surface area contributed by atoms with Crippen molar-refractivity contribution in [2.24, 2.45) is 0 Å². The summed E-state index contributed by atoms with van der Waals surface area (Å²) in [5.74, 6) is -1.37. The number of carbonyl (C=O) groups is 1. The Morgan fingerprint density at radius 3 is 2.44 bits per heavy atom. The van der Waals surface area contributed by atoms with E-state index in [0.717, 1.165) is 6.42 Å². The number of hydrogen-bond acceptors (Lipinski definition) is 4. The lowest BCUT2D eigenvalue weighted by Gasteiger charge is -2.12. The molecular weight excluding hydrogens is 232 g/mol. The number of carboxylic acid groups (broad SMARTS) is 1. The molecule has 0 aromatic carbocycles. The third-order valence-corrected chi connectivity index (χ3v) is 4.47. The molecule has 0 amide bonds. The summed E-state index contributed by atoms with van der Waals surface area (Å²) in [5.41, 5.74) is 0. The summed E-state index contributed by atoms with van der Waals surface area (Å²) in [6, 6.07) is 0. The lowest BCUT2D eigenvalue weighted by Crippen LogP contribution is -2.32. The fourth-order valence-corrected chi connectivity index (χ4v) is 3.03. The van der Waals surface area contributed by atoms with E-state index < -0.39 is 21.1 Å².